The van der Waals surface area contributed by atoms with Gasteiger partial charge in [0.25, 0.3) is 0 Å². The van der Waals surface area contributed by atoms with Gasteiger partial charge in [-0.25, -0.2) is 0 Å². The lowest BCUT2D eigenvalue weighted by molar-refractivity contribution is -0.135. The minimum Gasteiger partial charge on any atom is -0.345 e. The van der Waals surface area contributed by atoms with Crippen LogP contribution in [0.2, 0.25) is 0 Å². The smallest absolute Gasteiger partial charge is 0.224 e. The molecule has 1 aliphatic carbocycles. The molecule has 0 spiro atoms. The summed E-state index contributed by atoms with van der Waals surface area (Å²) >= 11 is 0. The first-order chi connectivity index (χ1) is 10.5. The molecule has 0 radical (unpaired) electrons. The Balaban J connectivity index is 2.07. The summed E-state index contributed by atoms with van der Waals surface area (Å²) in [5.41, 5.74) is 0.173. The summed E-state index contributed by atoms with van der Waals surface area (Å²) in [6, 6.07) is 5.30. The molecule has 1 fully saturated rings. The van der Waals surface area contributed by atoms with E-state index in [0.717, 1.165) is 12.1 Å². The van der Waals surface area contributed by atoms with E-state index in [1.165, 1.54) is 0 Å². The molecule has 2 rings (SSSR count). The highest BCUT2D eigenvalue weighted by molar-refractivity contribution is 5.94. The molecule has 0 aliphatic heterocycles. The highest BCUT2D eigenvalue weighted by Crippen LogP contribution is 2.47. The number of carbonyl (C=O) groups is 2. The van der Waals surface area contributed by atoms with Crippen LogP contribution in [0.15, 0.2) is 24.4 Å². The van der Waals surface area contributed by atoms with E-state index >= 15 is 0 Å². The molecule has 3 atom stereocenters. The first-order valence-corrected chi connectivity index (χ1v) is 8.27. The molecule has 23 heavy (non-hydrogen) atoms. The van der Waals surface area contributed by atoms with Crippen molar-refractivity contribution in [1.82, 2.24) is 10.3 Å². The van der Waals surface area contributed by atoms with Crippen LogP contribution in [0.25, 0.3) is 0 Å². The van der Waals surface area contributed by atoms with Gasteiger partial charge in [-0.15, -0.1) is 0 Å². The van der Waals surface area contributed by atoms with E-state index in [4.69, 9.17) is 0 Å². The van der Waals surface area contributed by atoms with Gasteiger partial charge in [0.2, 0.25) is 5.91 Å². The van der Waals surface area contributed by atoms with Crippen LogP contribution in [0.3, 0.4) is 0 Å². The summed E-state index contributed by atoms with van der Waals surface area (Å²) in [6.07, 6.45) is 2.56. The van der Waals surface area contributed by atoms with Crippen LogP contribution in [0, 0.1) is 16.7 Å². The third-order valence-electron chi connectivity index (χ3n) is 4.35. The van der Waals surface area contributed by atoms with Gasteiger partial charge in [0, 0.05) is 29.1 Å². The van der Waals surface area contributed by atoms with E-state index in [2.05, 4.69) is 10.3 Å². The number of nitrogens with zero attached hydrogens (tertiary/aromatic N) is 1. The number of ketones is 1. The van der Waals surface area contributed by atoms with Gasteiger partial charge in [-0.2, -0.15) is 0 Å². The molecule has 1 N–H and O–H groups in total. The summed E-state index contributed by atoms with van der Waals surface area (Å²) in [4.78, 5) is 29.6. The Morgan fingerprint density at radius 2 is 1.83 bits per heavy atom. The molecule has 4 heteroatoms. The lowest BCUT2D eigenvalue weighted by atomic mass is 9.75. The van der Waals surface area contributed by atoms with Crippen LogP contribution in [0.1, 0.15) is 59.6 Å². The van der Waals surface area contributed by atoms with Crippen molar-refractivity contribution in [3.8, 4) is 0 Å². The second kappa shape index (κ2) is 6.06. The quantitative estimate of drug-likeness (QED) is 0.927. The molecule has 1 unspecified atom stereocenters. The average molecular weight is 316 g/mol. The van der Waals surface area contributed by atoms with Crippen molar-refractivity contribution < 1.29 is 9.59 Å². The Morgan fingerprint density at radius 3 is 2.30 bits per heavy atom. The van der Waals surface area contributed by atoms with E-state index in [0.29, 0.717) is 0 Å². The Bertz CT molecular complexity index is 582. The van der Waals surface area contributed by atoms with Gasteiger partial charge in [0.15, 0.2) is 5.78 Å². The summed E-state index contributed by atoms with van der Waals surface area (Å²) in [5.74, 6) is 0.163. The molecular formula is C19H28N2O2. The normalized spacial score (nSPS) is 22.3. The van der Waals surface area contributed by atoms with Crippen LogP contribution in [0.5, 0.6) is 0 Å². The maximum Gasteiger partial charge on any atom is 0.224 e. The van der Waals surface area contributed by atoms with Crippen molar-refractivity contribution in [1.29, 1.82) is 0 Å². The van der Waals surface area contributed by atoms with Crippen LogP contribution in [-0.2, 0) is 9.59 Å². The fourth-order valence-electron chi connectivity index (χ4n) is 2.76. The van der Waals surface area contributed by atoms with Gasteiger partial charge in [-0.05, 0) is 24.0 Å². The summed E-state index contributed by atoms with van der Waals surface area (Å²) in [5, 5.41) is 3.01. The van der Waals surface area contributed by atoms with Crippen LogP contribution in [0.4, 0.5) is 0 Å². The van der Waals surface area contributed by atoms with E-state index in [9.17, 15) is 9.59 Å². The minimum atomic E-state index is -0.477. The monoisotopic (exact) mass is 316 g/mol. The van der Waals surface area contributed by atoms with Gasteiger partial charge >= 0.3 is 0 Å². The fraction of sp³-hybridized carbons (Fsp3) is 0.632. The number of amides is 1. The lowest BCUT2D eigenvalue weighted by Gasteiger charge is -2.34. The maximum absolute atomic E-state index is 12.7. The molecule has 0 aromatic carbocycles. The molecule has 1 aromatic heterocycles. The molecule has 1 aliphatic rings. The standard InChI is InChI=1S/C19H28N2O2/c1-18(2,3)15(16(22)19(4,5)6)21-17(23)13-11-12(13)14-9-7-8-10-20-14/h7-10,12-13,15H,11H2,1-6H3,(H,21,23)/t12-,13?,15+/m0/s1. The number of pyridine rings is 1. The Kier molecular flexibility index (Phi) is 4.65. The molecule has 126 valence electrons. The molecule has 1 heterocycles. The first kappa shape index (κ1) is 17.6. The van der Waals surface area contributed by atoms with Gasteiger partial charge in [0.1, 0.15) is 0 Å². The molecule has 1 saturated carbocycles. The maximum atomic E-state index is 12.7. The van der Waals surface area contributed by atoms with Crippen LogP contribution < -0.4 is 5.32 Å². The molecule has 0 bridgehead atoms. The second-order valence-corrected chi connectivity index (χ2v) is 8.63. The Morgan fingerprint density at radius 1 is 1.17 bits per heavy atom. The van der Waals surface area contributed by atoms with Gasteiger partial charge in [0.05, 0.1) is 6.04 Å². The number of aromatic nitrogens is 1. The summed E-state index contributed by atoms with van der Waals surface area (Å²) in [6.45, 7) is 11.7. The topological polar surface area (TPSA) is 59.1 Å². The highest BCUT2D eigenvalue weighted by Gasteiger charge is 2.47. The van der Waals surface area contributed by atoms with Crippen molar-refractivity contribution in [2.24, 2.45) is 16.7 Å². The van der Waals surface area contributed by atoms with Crippen molar-refractivity contribution in [2.45, 2.75) is 59.9 Å². The van der Waals surface area contributed by atoms with Crippen molar-refractivity contribution >= 4 is 11.7 Å². The highest BCUT2D eigenvalue weighted by atomic mass is 16.2. The van der Waals surface area contributed by atoms with Crippen LogP contribution >= 0.6 is 0 Å². The van der Waals surface area contributed by atoms with Crippen molar-refractivity contribution in [3.63, 3.8) is 0 Å². The van der Waals surface area contributed by atoms with Gasteiger partial charge < -0.3 is 5.32 Å². The van der Waals surface area contributed by atoms with E-state index < -0.39 is 11.5 Å². The third-order valence-corrected chi connectivity index (χ3v) is 4.35. The zero-order valence-corrected chi connectivity index (χ0v) is 15.0. The van der Waals surface area contributed by atoms with Gasteiger partial charge in [-0.3, -0.25) is 14.6 Å². The van der Waals surface area contributed by atoms with Crippen molar-refractivity contribution in [2.75, 3.05) is 0 Å². The number of Topliss-reactive ketones (excluding diaryl/α,β-unsaturated/α-hetero) is 1. The molecule has 0 saturated heterocycles. The Labute approximate surface area is 139 Å². The average Bonchev–Trinajstić information content (AvgIpc) is 3.23. The number of carbonyl (C=O) groups excluding carboxylic acids is 2. The molecular weight excluding hydrogens is 288 g/mol. The number of hydrogen-bond acceptors (Lipinski definition) is 3. The zero-order valence-electron chi connectivity index (χ0n) is 15.0. The predicted octanol–water partition coefficient (Wildman–Crippen LogP) is 3.33. The van der Waals surface area contributed by atoms with E-state index in [-0.39, 0.29) is 28.9 Å². The van der Waals surface area contributed by atoms with Crippen LogP contribution in [-0.4, -0.2) is 22.7 Å². The van der Waals surface area contributed by atoms with E-state index in [1.54, 1.807) is 6.20 Å². The zero-order chi connectivity index (χ0) is 17.4. The van der Waals surface area contributed by atoms with Gasteiger partial charge in [-0.1, -0.05) is 47.6 Å². The molecule has 1 amide bonds. The second-order valence-electron chi connectivity index (χ2n) is 8.63. The fourth-order valence-corrected chi connectivity index (χ4v) is 2.76. The third kappa shape index (κ3) is 4.18. The summed E-state index contributed by atoms with van der Waals surface area (Å²) < 4.78 is 0. The predicted molar refractivity (Wildman–Crippen MR) is 90.9 cm³/mol. The largest absolute Gasteiger partial charge is 0.345 e. The number of rotatable bonds is 4. The SMILES string of the molecule is CC(C)(C)C(=O)[C@@H](NC(=O)C1C[C@@H]1c1ccccn1)C(C)(C)C. The molecule has 1 aromatic rings. The number of nitrogens with one attached hydrogen (secondary N) is 1. The first-order valence-electron chi connectivity index (χ1n) is 8.27. The summed E-state index contributed by atoms with van der Waals surface area (Å²) in [7, 11) is 0. The van der Waals surface area contributed by atoms with E-state index in [1.807, 2.05) is 59.7 Å². The van der Waals surface area contributed by atoms with Crippen molar-refractivity contribution in [3.05, 3.63) is 30.1 Å². The minimum absolute atomic E-state index is 0.0295. The molecule has 4 nitrogen and oxygen atoms in total. The Hall–Kier alpha value is -1.71. The lowest BCUT2D eigenvalue weighted by Crippen LogP contribution is -2.53. The number of hydrogen-bond donors (Lipinski definition) is 1.